The Morgan fingerprint density at radius 1 is 1.21 bits per heavy atom. The molecule has 0 bridgehead atoms. The number of carbonyl (C=O) groups excluding carboxylic acids is 1. The van der Waals surface area contributed by atoms with Gasteiger partial charge < -0.3 is 14.8 Å². The zero-order valence-electron chi connectivity index (χ0n) is 13.4. The molecule has 0 saturated heterocycles. The van der Waals surface area contributed by atoms with Crippen LogP contribution in [0.4, 0.5) is 0 Å². The van der Waals surface area contributed by atoms with Gasteiger partial charge in [0.2, 0.25) is 6.10 Å². The monoisotopic (exact) mass is 322 g/mol. The Labute approximate surface area is 140 Å². The molecule has 1 aliphatic rings. The van der Waals surface area contributed by atoms with Gasteiger partial charge in [0.25, 0.3) is 5.91 Å². The molecule has 0 unspecified atom stereocenters. The van der Waals surface area contributed by atoms with E-state index in [2.05, 4.69) is 11.4 Å². The number of hydrogen-bond donors (Lipinski definition) is 1. The van der Waals surface area contributed by atoms with E-state index in [-0.39, 0.29) is 11.9 Å². The molecule has 1 fully saturated rings. The van der Waals surface area contributed by atoms with Crippen molar-refractivity contribution < 1.29 is 14.3 Å². The van der Waals surface area contributed by atoms with E-state index < -0.39 is 6.10 Å². The molecule has 0 aliphatic heterocycles. The van der Waals surface area contributed by atoms with Crippen LogP contribution in [0.3, 0.4) is 0 Å². The minimum absolute atomic E-state index is 0.171. The molecule has 1 aliphatic carbocycles. The summed E-state index contributed by atoms with van der Waals surface area (Å²) in [5.41, 5.74) is 1.24. The number of methoxy groups -OCH3 is 1. The first kappa shape index (κ1) is 15.9. The van der Waals surface area contributed by atoms with Gasteiger partial charge >= 0.3 is 0 Å². The van der Waals surface area contributed by atoms with E-state index in [1.54, 1.807) is 18.2 Å². The average Bonchev–Trinajstić information content (AvgIpc) is 3.44. The number of nitrogens with one attached hydrogen (secondary N) is 1. The summed E-state index contributed by atoms with van der Waals surface area (Å²) in [4.78, 5) is 12.6. The normalized spacial score (nSPS) is 14.3. The molecular weight excluding hydrogens is 304 g/mol. The van der Waals surface area contributed by atoms with Gasteiger partial charge in [0.15, 0.2) is 11.5 Å². The summed E-state index contributed by atoms with van der Waals surface area (Å²) in [5.74, 6) is 0.681. The van der Waals surface area contributed by atoms with E-state index in [0.717, 1.165) is 18.4 Å². The van der Waals surface area contributed by atoms with Crippen LogP contribution in [0.15, 0.2) is 48.5 Å². The molecule has 5 nitrogen and oxygen atoms in total. The number of benzene rings is 2. The predicted molar refractivity (Wildman–Crippen MR) is 88.7 cm³/mol. The Balaban J connectivity index is 1.89. The Bertz CT molecular complexity index is 764. The number of ether oxygens (including phenoxy) is 2. The molecule has 1 N–H and O–H groups in total. The lowest BCUT2D eigenvalue weighted by Gasteiger charge is -2.20. The topological polar surface area (TPSA) is 71.3 Å². The standard InChI is InChI=1S/C19H18N2O3/c1-23-17-11-13(12-20)7-10-16(17)24-18(14-5-3-2-4-6-14)19(22)21-15-8-9-15/h2-7,10-11,15,18H,8-9H2,1H3,(H,21,22)/t18-/m0/s1. The summed E-state index contributed by atoms with van der Waals surface area (Å²) in [6.45, 7) is 0. The van der Waals surface area contributed by atoms with Gasteiger partial charge in [-0.25, -0.2) is 0 Å². The van der Waals surface area contributed by atoms with E-state index in [1.165, 1.54) is 7.11 Å². The molecular formula is C19H18N2O3. The van der Waals surface area contributed by atoms with Gasteiger partial charge in [-0.3, -0.25) is 4.79 Å². The lowest BCUT2D eigenvalue weighted by Crippen LogP contribution is -2.33. The molecule has 2 aromatic carbocycles. The highest BCUT2D eigenvalue weighted by atomic mass is 16.5. The largest absolute Gasteiger partial charge is 0.493 e. The van der Waals surface area contributed by atoms with E-state index >= 15 is 0 Å². The molecule has 24 heavy (non-hydrogen) atoms. The van der Waals surface area contributed by atoms with Crippen LogP contribution in [0, 0.1) is 11.3 Å². The van der Waals surface area contributed by atoms with E-state index in [4.69, 9.17) is 14.7 Å². The average molecular weight is 322 g/mol. The molecule has 5 heteroatoms. The van der Waals surface area contributed by atoms with Crippen molar-refractivity contribution in [1.82, 2.24) is 5.32 Å². The van der Waals surface area contributed by atoms with Crippen LogP contribution in [-0.4, -0.2) is 19.1 Å². The summed E-state index contributed by atoms with van der Waals surface area (Å²) < 4.78 is 11.3. The molecule has 1 amide bonds. The molecule has 0 spiro atoms. The first-order valence-corrected chi connectivity index (χ1v) is 7.81. The van der Waals surface area contributed by atoms with E-state index in [9.17, 15) is 4.79 Å². The quantitative estimate of drug-likeness (QED) is 0.887. The van der Waals surface area contributed by atoms with Crippen LogP contribution in [-0.2, 0) is 4.79 Å². The van der Waals surface area contributed by atoms with Crippen molar-refractivity contribution in [3.63, 3.8) is 0 Å². The van der Waals surface area contributed by atoms with Gasteiger partial charge in [0.05, 0.1) is 18.7 Å². The maximum atomic E-state index is 12.6. The predicted octanol–water partition coefficient (Wildman–Crippen LogP) is 2.97. The summed E-state index contributed by atoms with van der Waals surface area (Å²) in [7, 11) is 1.51. The maximum absolute atomic E-state index is 12.6. The Morgan fingerprint density at radius 3 is 2.58 bits per heavy atom. The van der Waals surface area contributed by atoms with Crippen molar-refractivity contribution in [3.8, 4) is 17.6 Å². The number of amides is 1. The second-order valence-corrected chi connectivity index (χ2v) is 5.67. The third kappa shape index (κ3) is 3.66. The van der Waals surface area contributed by atoms with Gasteiger partial charge in [0.1, 0.15) is 0 Å². The van der Waals surface area contributed by atoms with Crippen LogP contribution < -0.4 is 14.8 Å². The lowest BCUT2D eigenvalue weighted by molar-refractivity contribution is -0.128. The fourth-order valence-electron chi connectivity index (χ4n) is 2.37. The number of carbonyl (C=O) groups is 1. The van der Waals surface area contributed by atoms with Crippen molar-refractivity contribution in [2.45, 2.75) is 25.0 Å². The number of hydrogen-bond acceptors (Lipinski definition) is 4. The SMILES string of the molecule is COc1cc(C#N)ccc1O[C@H](C(=O)NC1CC1)c1ccccc1. The van der Waals surface area contributed by atoms with Crippen LogP contribution in [0.1, 0.15) is 30.1 Å². The van der Waals surface area contributed by atoms with Crippen LogP contribution in [0.25, 0.3) is 0 Å². The number of nitrogens with zero attached hydrogens (tertiary/aromatic N) is 1. The summed E-state index contributed by atoms with van der Waals surface area (Å²) in [6.07, 6.45) is 1.24. The van der Waals surface area contributed by atoms with Gasteiger partial charge in [-0.2, -0.15) is 5.26 Å². The molecule has 1 saturated carbocycles. The summed E-state index contributed by atoms with van der Waals surface area (Å²) in [5, 5.41) is 12.0. The first-order chi connectivity index (χ1) is 11.7. The highest BCUT2D eigenvalue weighted by Crippen LogP contribution is 2.32. The van der Waals surface area contributed by atoms with Crippen LogP contribution in [0.5, 0.6) is 11.5 Å². The zero-order chi connectivity index (χ0) is 16.9. The summed E-state index contributed by atoms with van der Waals surface area (Å²) >= 11 is 0. The summed E-state index contributed by atoms with van der Waals surface area (Å²) in [6, 6.07) is 16.5. The van der Waals surface area contributed by atoms with Gasteiger partial charge in [-0.05, 0) is 25.0 Å². The fraction of sp³-hybridized carbons (Fsp3) is 0.263. The molecule has 3 rings (SSSR count). The zero-order valence-corrected chi connectivity index (χ0v) is 13.4. The van der Waals surface area contributed by atoms with Crippen molar-refractivity contribution in [2.24, 2.45) is 0 Å². The minimum atomic E-state index is -0.770. The number of rotatable bonds is 6. The Kier molecular flexibility index (Phi) is 4.66. The second kappa shape index (κ2) is 7.05. The molecule has 0 radical (unpaired) electrons. The smallest absolute Gasteiger partial charge is 0.266 e. The third-order valence-electron chi connectivity index (χ3n) is 3.80. The van der Waals surface area contributed by atoms with Gasteiger partial charge in [0, 0.05) is 17.7 Å². The Morgan fingerprint density at radius 2 is 1.96 bits per heavy atom. The van der Waals surface area contributed by atoms with Crippen molar-refractivity contribution in [2.75, 3.05) is 7.11 Å². The molecule has 0 heterocycles. The molecule has 0 aromatic heterocycles. The lowest BCUT2D eigenvalue weighted by atomic mass is 10.1. The van der Waals surface area contributed by atoms with E-state index in [0.29, 0.717) is 17.1 Å². The molecule has 2 aromatic rings. The van der Waals surface area contributed by atoms with E-state index in [1.807, 2.05) is 30.3 Å². The van der Waals surface area contributed by atoms with Crippen molar-refractivity contribution in [1.29, 1.82) is 5.26 Å². The number of nitriles is 1. The first-order valence-electron chi connectivity index (χ1n) is 7.81. The van der Waals surface area contributed by atoms with Crippen molar-refractivity contribution in [3.05, 3.63) is 59.7 Å². The highest BCUT2D eigenvalue weighted by Gasteiger charge is 2.30. The molecule has 122 valence electrons. The third-order valence-corrected chi connectivity index (χ3v) is 3.80. The Hall–Kier alpha value is -3.00. The highest BCUT2D eigenvalue weighted by molar-refractivity contribution is 5.83. The van der Waals surface area contributed by atoms with Gasteiger partial charge in [-0.15, -0.1) is 0 Å². The van der Waals surface area contributed by atoms with Crippen molar-refractivity contribution >= 4 is 5.91 Å². The fourth-order valence-corrected chi connectivity index (χ4v) is 2.37. The van der Waals surface area contributed by atoms with Crippen LogP contribution in [0.2, 0.25) is 0 Å². The van der Waals surface area contributed by atoms with Gasteiger partial charge in [-0.1, -0.05) is 30.3 Å². The minimum Gasteiger partial charge on any atom is -0.493 e. The molecule has 1 atom stereocenters. The second-order valence-electron chi connectivity index (χ2n) is 5.67. The van der Waals surface area contributed by atoms with Crippen LogP contribution >= 0.6 is 0 Å². The maximum Gasteiger partial charge on any atom is 0.266 e.